The van der Waals surface area contributed by atoms with E-state index < -0.39 is 0 Å². The largest absolute Gasteiger partial charge is 0.338 e. The minimum absolute atomic E-state index is 0.232. The van der Waals surface area contributed by atoms with Gasteiger partial charge in [0.15, 0.2) is 0 Å². The summed E-state index contributed by atoms with van der Waals surface area (Å²) in [5.74, 6) is 1.12. The molecule has 0 saturated carbocycles. The molecule has 0 fully saturated rings. The SMILES string of the molecule is CC(C)C[C@H](CN)CC(=O)N1CCc2ncccc2C1. The summed E-state index contributed by atoms with van der Waals surface area (Å²) in [5.41, 5.74) is 8.11. The molecule has 1 aromatic heterocycles. The van der Waals surface area contributed by atoms with Crippen molar-refractivity contribution in [3.05, 3.63) is 29.6 Å². The standard InChI is InChI=1S/C16H25N3O/c1-12(2)8-13(10-17)9-16(20)19-7-5-15-14(11-19)4-3-6-18-15/h3-4,6,12-13H,5,7-11,17H2,1-2H3/t13-/m0/s1. The van der Waals surface area contributed by atoms with Crippen LogP contribution in [0.25, 0.3) is 0 Å². The Bertz CT molecular complexity index is 459. The lowest BCUT2D eigenvalue weighted by Gasteiger charge is -2.29. The van der Waals surface area contributed by atoms with E-state index in [4.69, 9.17) is 5.73 Å². The fourth-order valence-corrected chi connectivity index (χ4v) is 2.88. The number of nitrogens with two attached hydrogens (primary N) is 1. The normalized spacial score (nSPS) is 16.1. The molecule has 4 nitrogen and oxygen atoms in total. The van der Waals surface area contributed by atoms with E-state index in [1.807, 2.05) is 17.2 Å². The molecule has 4 heteroatoms. The number of hydrogen-bond donors (Lipinski definition) is 1. The smallest absolute Gasteiger partial charge is 0.223 e. The molecule has 0 bridgehead atoms. The fraction of sp³-hybridized carbons (Fsp3) is 0.625. The van der Waals surface area contributed by atoms with Crippen LogP contribution in [0.3, 0.4) is 0 Å². The molecule has 2 N–H and O–H groups in total. The number of fused-ring (bicyclic) bond motifs is 1. The molecule has 1 amide bonds. The van der Waals surface area contributed by atoms with Gasteiger partial charge in [-0.05, 0) is 36.4 Å². The maximum absolute atomic E-state index is 12.4. The first kappa shape index (κ1) is 15.0. The van der Waals surface area contributed by atoms with E-state index in [1.165, 1.54) is 5.56 Å². The van der Waals surface area contributed by atoms with E-state index in [9.17, 15) is 4.79 Å². The monoisotopic (exact) mass is 275 g/mol. The highest BCUT2D eigenvalue weighted by atomic mass is 16.2. The van der Waals surface area contributed by atoms with E-state index >= 15 is 0 Å². The van der Waals surface area contributed by atoms with Crippen LogP contribution in [-0.4, -0.2) is 28.9 Å². The molecule has 1 aliphatic rings. The Kier molecular flexibility index (Phi) is 5.12. The van der Waals surface area contributed by atoms with Gasteiger partial charge in [-0.2, -0.15) is 0 Å². The summed E-state index contributed by atoms with van der Waals surface area (Å²) in [5, 5.41) is 0. The number of pyridine rings is 1. The van der Waals surface area contributed by atoms with E-state index in [1.54, 1.807) is 0 Å². The van der Waals surface area contributed by atoms with E-state index in [0.717, 1.165) is 25.1 Å². The van der Waals surface area contributed by atoms with Crippen molar-refractivity contribution in [1.82, 2.24) is 9.88 Å². The maximum Gasteiger partial charge on any atom is 0.223 e. The van der Waals surface area contributed by atoms with Gasteiger partial charge in [-0.3, -0.25) is 9.78 Å². The van der Waals surface area contributed by atoms with Gasteiger partial charge in [-0.25, -0.2) is 0 Å². The summed E-state index contributed by atoms with van der Waals surface area (Å²) in [6.45, 7) is 6.42. The van der Waals surface area contributed by atoms with Crippen molar-refractivity contribution in [1.29, 1.82) is 0 Å². The second-order valence-electron chi connectivity index (χ2n) is 6.11. The third-order valence-electron chi connectivity index (χ3n) is 3.92. The number of carbonyl (C=O) groups is 1. The summed E-state index contributed by atoms with van der Waals surface area (Å²) in [6.07, 6.45) is 4.28. The molecule has 0 unspecified atom stereocenters. The van der Waals surface area contributed by atoms with Gasteiger partial charge < -0.3 is 10.6 Å². The van der Waals surface area contributed by atoms with Crippen LogP contribution in [0.5, 0.6) is 0 Å². The number of carbonyl (C=O) groups excluding carboxylic acids is 1. The summed E-state index contributed by atoms with van der Waals surface area (Å²) in [6, 6.07) is 4.00. The molecule has 1 aliphatic heterocycles. The van der Waals surface area contributed by atoms with E-state index in [-0.39, 0.29) is 5.91 Å². The molecule has 0 spiro atoms. The Morgan fingerprint density at radius 2 is 2.30 bits per heavy atom. The minimum Gasteiger partial charge on any atom is -0.338 e. The Balaban J connectivity index is 1.94. The Labute approximate surface area is 121 Å². The molecule has 0 aromatic carbocycles. The third kappa shape index (κ3) is 3.79. The molecule has 2 heterocycles. The Hall–Kier alpha value is -1.42. The zero-order valence-corrected chi connectivity index (χ0v) is 12.5. The zero-order valence-electron chi connectivity index (χ0n) is 12.5. The average molecular weight is 275 g/mol. The molecule has 2 rings (SSSR count). The van der Waals surface area contributed by atoms with Crippen LogP contribution in [0, 0.1) is 11.8 Å². The maximum atomic E-state index is 12.4. The molecule has 1 atom stereocenters. The Morgan fingerprint density at radius 3 is 3.00 bits per heavy atom. The predicted molar refractivity (Wildman–Crippen MR) is 80.0 cm³/mol. The molecule has 110 valence electrons. The first-order valence-corrected chi connectivity index (χ1v) is 7.50. The lowest BCUT2D eigenvalue weighted by atomic mass is 9.93. The van der Waals surface area contributed by atoms with Gasteiger partial charge in [0.25, 0.3) is 0 Å². The molecule has 0 aliphatic carbocycles. The fourth-order valence-electron chi connectivity index (χ4n) is 2.88. The van der Waals surface area contributed by atoms with Crippen LogP contribution in [0.1, 0.15) is 37.9 Å². The second-order valence-corrected chi connectivity index (χ2v) is 6.11. The van der Waals surface area contributed by atoms with Crippen molar-refractivity contribution in [2.45, 2.75) is 39.7 Å². The first-order chi connectivity index (χ1) is 9.60. The van der Waals surface area contributed by atoms with E-state index in [0.29, 0.717) is 31.3 Å². The average Bonchev–Trinajstić information content (AvgIpc) is 2.45. The number of rotatable bonds is 5. The molecule has 0 radical (unpaired) electrons. The van der Waals surface area contributed by atoms with Crippen molar-refractivity contribution in [3.63, 3.8) is 0 Å². The van der Waals surface area contributed by atoms with Gasteiger partial charge in [0.1, 0.15) is 0 Å². The summed E-state index contributed by atoms with van der Waals surface area (Å²) in [7, 11) is 0. The third-order valence-corrected chi connectivity index (χ3v) is 3.92. The van der Waals surface area contributed by atoms with Crippen molar-refractivity contribution in [2.24, 2.45) is 17.6 Å². The topological polar surface area (TPSA) is 59.2 Å². The lowest BCUT2D eigenvalue weighted by molar-refractivity contribution is -0.133. The number of nitrogens with zero attached hydrogens (tertiary/aromatic N) is 2. The molecule has 1 aromatic rings. The molecular formula is C16H25N3O. The predicted octanol–water partition coefficient (Wildman–Crippen LogP) is 1.98. The van der Waals surface area contributed by atoms with Crippen LogP contribution in [0.2, 0.25) is 0 Å². The molecular weight excluding hydrogens is 250 g/mol. The van der Waals surface area contributed by atoms with Crippen LogP contribution < -0.4 is 5.73 Å². The molecule has 20 heavy (non-hydrogen) atoms. The van der Waals surface area contributed by atoms with Crippen molar-refractivity contribution < 1.29 is 4.79 Å². The highest BCUT2D eigenvalue weighted by Crippen LogP contribution is 2.20. The van der Waals surface area contributed by atoms with Crippen LogP contribution in [0.15, 0.2) is 18.3 Å². The van der Waals surface area contributed by atoms with E-state index in [2.05, 4.69) is 24.9 Å². The number of aromatic nitrogens is 1. The van der Waals surface area contributed by atoms with Gasteiger partial charge in [-0.15, -0.1) is 0 Å². The van der Waals surface area contributed by atoms with Crippen molar-refractivity contribution >= 4 is 5.91 Å². The first-order valence-electron chi connectivity index (χ1n) is 7.50. The highest BCUT2D eigenvalue weighted by molar-refractivity contribution is 5.76. The highest BCUT2D eigenvalue weighted by Gasteiger charge is 2.23. The lowest BCUT2D eigenvalue weighted by Crippen LogP contribution is -2.38. The van der Waals surface area contributed by atoms with Gasteiger partial charge in [0.05, 0.1) is 0 Å². The number of hydrogen-bond acceptors (Lipinski definition) is 3. The molecule has 0 saturated heterocycles. The van der Waals surface area contributed by atoms with Gasteiger partial charge in [-0.1, -0.05) is 19.9 Å². The summed E-state index contributed by atoms with van der Waals surface area (Å²) in [4.78, 5) is 18.7. The minimum atomic E-state index is 0.232. The number of amides is 1. The summed E-state index contributed by atoms with van der Waals surface area (Å²) >= 11 is 0. The van der Waals surface area contributed by atoms with Crippen molar-refractivity contribution in [3.8, 4) is 0 Å². The summed E-state index contributed by atoms with van der Waals surface area (Å²) < 4.78 is 0. The van der Waals surface area contributed by atoms with Gasteiger partial charge >= 0.3 is 0 Å². The van der Waals surface area contributed by atoms with Crippen LogP contribution in [-0.2, 0) is 17.8 Å². The second kappa shape index (κ2) is 6.84. The van der Waals surface area contributed by atoms with Gasteiger partial charge in [0, 0.05) is 37.8 Å². The van der Waals surface area contributed by atoms with Crippen LogP contribution >= 0.6 is 0 Å². The van der Waals surface area contributed by atoms with Crippen LogP contribution in [0.4, 0.5) is 0 Å². The van der Waals surface area contributed by atoms with Gasteiger partial charge in [0.2, 0.25) is 5.91 Å². The zero-order chi connectivity index (χ0) is 14.5. The van der Waals surface area contributed by atoms with Crippen molar-refractivity contribution in [2.75, 3.05) is 13.1 Å². The quantitative estimate of drug-likeness (QED) is 0.894. The Morgan fingerprint density at radius 1 is 1.50 bits per heavy atom.